The lowest BCUT2D eigenvalue weighted by atomic mass is 9.71. The molecule has 4 rings (SSSR count). The average Bonchev–Trinajstić information content (AvgIpc) is 3.01. The van der Waals surface area contributed by atoms with Crippen LogP contribution in [0.25, 0.3) is 0 Å². The molecule has 2 atom stereocenters. The van der Waals surface area contributed by atoms with E-state index in [1.807, 2.05) is 0 Å². The Balaban J connectivity index is 2.04. The maximum Gasteiger partial charge on any atom is 0.341 e. The van der Waals surface area contributed by atoms with Gasteiger partial charge in [-0.05, 0) is 6.07 Å². The fourth-order valence-corrected chi connectivity index (χ4v) is 4.34. The largest absolute Gasteiger partial charge is 0.496 e. The fourth-order valence-electron chi connectivity index (χ4n) is 4.07. The highest BCUT2D eigenvalue weighted by atomic mass is 35.5. The third kappa shape index (κ3) is 2.41. The van der Waals surface area contributed by atoms with E-state index in [1.54, 1.807) is 6.92 Å². The molecule has 0 saturated carbocycles. The Morgan fingerprint density at radius 3 is 2.50 bits per heavy atom. The van der Waals surface area contributed by atoms with Crippen LogP contribution in [0, 0.1) is 5.92 Å². The highest BCUT2D eigenvalue weighted by molar-refractivity contribution is 6.35. The van der Waals surface area contributed by atoms with Crippen LogP contribution >= 0.6 is 11.6 Å². The number of ketones is 2. The molecular weight excluding hydrogens is 418 g/mol. The molecule has 2 unspecified atom stereocenters. The van der Waals surface area contributed by atoms with Gasteiger partial charge < -0.3 is 24.3 Å². The van der Waals surface area contributed by atoms with Crippen molar-refractivity contribution >= 4 is 29.1 Å². The van der Waals surface area contributed by atoms with Gasteiger partial charge in [0, 0.05) is 24.0 Å². The third-order valence-corrected chi connectivity index (χ3v) is 5.91. The molecular formula is C20H16ClNO8. The Bertz CT molecular complexity index is 1200. The van der Waals surface area contributed by atoms with E-state index in [0.29, 0.717) is 0 Å². The van der Waals surface area contributed by atoms with Gasteiger partial charge in [0.1, 0.15) is 27.6 Å². The number of carboxylic acids is 1. The number of carboxylic acid groups (broad SMARTS) is 1. The summed E-state index contributed by atoms with van der Waals surface area (Å²) in [6.45, 7) is 1.63. The first-order valence-electron chi connectivity index (χ1n) is 8.89. The van der Waals surface area contributed by atoms with Gasteiger partial charge in [0.15, 0.2) is 11.5 Å². The summed E-state index contributed by atoms with van der Waals surface area (Å²) in [5, 5.41) is 9.28. The molecule has 1 aliphatic carbocycles. The topological polar surface area (TPSA) is 132 Å². The van der Waals surface area contributed by atoms with E-state index in [-0.39, 0.29) is 45.5 Å². The van der Waals surface area contributed by atoms with Crippen LogP contribution in [0.5, 0.6) is 17.2 Å². The molecule has 0 radical (unpaired) electrons. The van der Waals surface area contributed by atoms with E-state index < -0.39 is 40.2 Å². The number of rotatable bonds is 3. The summed E-state index contributed by atoms with van der Waals surface area (Å²) < 4.78 is 16.6. The number of carbonyl (C=O) groups excluding carboxylic acids is 2. The number of nitrogens with one attached hydrogen (secondary N) is 1. The number of aromatic carboxylic acids is 1. The fraction of sp³-hybridized carbons (Fsp3) is 0.300. The van der Waals surface area contributed by atoms with Crippen LogP contribution < -0.4 is 19.8 Å². The maximum atomic E-state index is 13.7. The molecule has 1 aromatic heterocycles. The highest BCUT2D eigenvalue weighted by Gasteiger charge is 2.60. The van der Waals surface area contributed by atoms with Gasteiger partial charge in [-0.2, -0.15) is 0 Å². The van der Waals surface area contributed by atoms with Crippen molar-refractivity contribution in [2.75, 3.05) is 14.2 Å². The molecule has 0 bridgehead atoms. The molecule has 2 N–H and O–H groups in total. The van der Waals surface area contributed by atoms with E-state index in [1.165, 1.54) is 20.3 Å². The molecule has 1 aromatic carbocycles. The number of fused-ring (bicyclic) bond motifs is 3. The normalized spacial score (nSPS) is 21.8. The van der Waals surface area contributed by atoms with Crippen molar-refractivity contribution in [2.24, 2.45) is 5.92 Å². The van der Waals surface area contributed by atoms with Crippen molar-refractivity contribution in [3.8, 4) is 17.2 Å². The second-order valence-corrected chi connectivity index (χ2v) is 7.48. The van der Waals surface area contributed by atoms with Crippen LogP contribution in [0.2, 0.25) is 5.02 Å². The Labute approximate surface area is 174 Å². The van der Waals surface area contributed by atoms with Crippen molar-refractivity contribution in [1.29, 1.82) is 0 Å². The molecule has 30 heavy (non-hydrogen) atoms. The molecule has 0 fully saturated rings. The van der Waals surface area contributed by atoms with Crippen LogP contribution in [0.3, 0.4) is 0 Å². The van der Waals surface area contributed by atoms with Gasteiger partial charge in [0.05, 0.1) is 19.9 Å². The number of H-pyrrole nitrogens is 1. The average molecular weight is 434 g/mol. The van der Waals surface area contributed by atoms with Gasteiger partial charge in [0.2, 0.25) is 11.4 Å². The molecule has 156 valence electrons. The molecule has 2 aromatic rings. The maximum absolute atomic E-state index is 13.7. The first kappa shape index (κ1) is 20.0. The van der Waals surface area contributed by atoms with Gasteiger partial charge in [0.25, 0.3) is 5.56 Å². The van der Waals surface area contributed by atoms with E-state index in [9.17, 15) is 24.3 Å². The minimum Gasteiger partial charge on any atom is -0.496 e. The standard InChI is InChI=1S/C20H16ClNO8/c1-7-4-10(23)8-5-9(19(26)27)18(25)22-16(8)20(7)17(24)13-11(28-2)6-12(29-3)14(21)15(13)30-20/h5-7H,4H2,1-3H3,(H,22,25)(H,26,27). The lowest BCUT2D eigenvalue weighted by molar-refractivity contribution is 0.0191. The summed E-state index contributed by atoms with van der Waals surface area (Å²) in [6, 6.07) is 2.42. The number of hydrogen-bond donors (Lipinski definition) is 2. The van der Waals surface area contributed by atoms with E-state index in [2.05, 4.69) is 4.98 Å². The van der Waals surface area contributed by atoms with Gasteiger partial charge >= 0.3 is 5.97 Å². The number of benzene rings is 1. The Morgan fingerprint density at radius 1 is 1.23 bits per heavy atom. The van der Waals surface area contributed by atoms with Crippen molar-refractivity contribution < 1.29 is 33.7 Å². The summed E-state index contributed by atoms with van der Waals surface area (Å²) in [5.41, 5.74) is -3.46. The van der Waals surface area contributed by atoms with Crippen molar-refractivity contribution in [3.63, 3.8) is 0 Å². The van der Waals surface area contributed by atoms with Crippen LogP contribution in [0.4, 0.5) is 0 Å². The van der Waals surface area contributed by atoms with E-state index in [0.717, 1.165) is 6.07 Å². The van der Waals surface area contributed by atoms with Gasteiger partial charge in [-0.25, -0.2) is 4.79 Å². The SMILES string of the molecule is COc1cc(OC)c2c(c1Cl)OC1(C2=O)c2[nH]c(=O)c(C(=O)O)cc2C(=O)CC1C. The molecule has 0 amide bonds. The van der Waals surface area contributed by atoms with Crippen molar-refractivity contribution in [3.05, 3.63) is 49.9 Å². The molecule has 0 saturated heterocycles. The highest BCUT2D eigenvalue weighted by Crippen LogP contribution is 2.56. The van der Waals surface area contributed by atoms with Gasteiger partial charge in [-0.3, -0.25) is 14.4 Å². The number of hydrogen-bond acceptors (Lipinski definition) is 7. The quantitative estimate of drug-likeness (QED) is 0.754. The van der Waals surface area contributed by atoms with Crippen LogP contribution in [0.15, 0.2) is 16.9 Å². The summed E-state index contributed by atoms with van der Waals surface area (Å²) in [6.07, 6.45) is -0.102. The van der Waals surface area contributed by atoms with Gasteiger partial charge in [-0.15, -0.1) is 0 Å². The first-order chi connectivity index (χ1) is 14.2. The molecule has 2 heterocycles. The first-order valence-corrected chi connectivity index (χ1v) is 9.27. The second-order valence-electron chi connectivity index (χ2n) is 7.10. The summed E-state index contributed by atoms with van der Waals surface area (Å²) in [7, 11) is 2.76. The summed E-state index contributed by atoms with van der Waals surface area (Å²) in [5.74, 6) is -2.77. The van der Waals surface area contributed by atoms with Crippen LogP contribution in [-0.2, 0) is 5.60 Å². The van der Waals surface area contributed by atoms with Crippen molar-refractivity contribution in [1.82, 2.24) is 4.98 Å². The lowest BCUT2D eigenvalue weighted by Gasteiger charge is -2.37. The molecule has 9 nitrogen and oxygen atoms in total. The second kappa shape index (κ2) is 6.60. The summed E-state index contributed by atoms with van der Waals surface area (Å²) >= 11 is 6.38. The van der Waals surface area contributed by atoms with Crippen LogP contribution in [0.1, 0.15) is 50.1 Å². The molecule has 1 spiro atoms. The summed E-state index contributed by atoms with van der Waals surface area (Å²) in [4.78, 5) is 52.4. The number of ether oxygens (including phenoxy) is 3. The zero-order valence-corrected chi connectivity index (χ0v) is 16.9. The van der Waals surface area contributed by atoms with E-state index >= 15 is 0 Å². The zero-order valence-electron chi connectivity index (χ0n) is 16.1. The monoisotopic (exact) mass is 433 g/mol. The zero-order chi connectivity index (χ0) is 22.0. The molecule has 10 heteroatoms. The van der Waals surface area contributed by atoms with Crippen LogP contribution in [-0.4, -0.2) is 41.8 Å². The number of aromatic nitrogens is 1. The Morgan fingerprint density at radius 2 is 1.90 bits per heavy atom. The smallest absolute Gasteiger partial charge is 0.341 e. The number of pyridine rings is 1. The minimum atomic E-state index is -1.77. The Hall–Kier alpha value is -3.33. The van der Waals surface area contributed by atoms with Gasteiger partial charge in [-0.1, -0.05) is 18.5 Å². The minimum absolute atomic E-state index is 0.00757. The predicted molar refractivity (Wildman–Crippen MR) is 103 cm³/mol. The number of methoxy groups -OCH3 is 2. The number of Topliss-reactive ketones (excluding diaryl/α,β-unsaturated/α-hetero) is 2. The number of carbonyl (C=O) groups is 3. The van der Waals surface area contributed by atoms with E-state index in [4.69, 9.17) is 25.8 Å². The predicted octanol–water partition coefficient (Wildman–Crippen LogP) is 2.44. The molecule has 1 aliphatic heterocycles. The number of aromatic amines is 1. The number of halogens is 1. The van der Waals surface area contributed by atoms with Crippen molar-refractivity contribution in [2.45, 2.75) is 18.9 Å². The Kier molecular flexibility index (Phi) is 4.39. The lowest BCUT2D eigenvalue weighted by Crippen LogP contribution is -2.50. The third-order valence-electron chi connectivity index (χ3n) is 5.55. The molecule has 2 aliphatic rings.